The molecule has 2 N–H and O–H groups in total. The van der Waals surface area contributed by atoms with Crippen molar-refractivity contribution in [3.63, 3.8) is 0 Å². The topological polar surface area (TPSA) is 88.5 Å². The molecule has 0 fully saturated rings. The SMILES string of the molecule is COCC(C)(NC(=O)c1ccc(-c2ccsc2)nc1C)C(=O)O. The molecule has 0 aliphatic carbocycles. The molecule has 1 atom stereocenters. The molecule has 7 heteroatoms. The van der Waals surface area contributed by atoms with E-state index in [4.69, 9.17) is 4.74 Å². The summed E-state index contributed by atoms with van der Waals surface area (Å²) in [6.07, 6.45) is 0. The lowest BCUT2D eigenvalue weighted by atomic mass is 10.0. The van der Waals surface area contributed by atoms with Crippen LogP contribution in [0.3, 0.4) is 0 Å². The molecule has 0 spiro atoms. The number of carboxylic acid groups (broad SMARTS) is 1. The van der Waals surface area contributed by atoms with Crippen molar-refractivity contribution in [3.8, 4) is 11.3 Å². The number of nitrogens with zero attached hydrogens (tertiary/aromatic N) is 1. The van der Waals surface area contributed by atoms with Gasteiger partial charge in [-0.15, -0.1) is 0 Å². The Kier molecular flexibility index (Phi) is 5.12. The first-order chi connectivity index (χ1) is 10.9. The maximum Gasteiger partial charge on any atom is 0.331 e. The summed E-state index contributed by atoms with van der Waals surface area (Å²) in [6.45, 7) is 2.99. The van der Waals surface area contributed by atoms with Crippen molar-refractivity contribution in [1.29, 1.82) is 0 Å². The van der Waals surface area contributed by atoms with E-state index in [-0.39, 0.29) is 6.61 Å². The Bertz CT molecular complexity index is 715. The van der Waals surface area contributed by atoms with Gasteiger partial charge in [0.25, 0.3) is 5.91 Å². The highest BCUT2D eigenvalue weighted by Gasteiger charge is 2.35. The van der Waals surface area contributed by atoms with Crippen LogP contribution in [0.15, 0.2) is 29.0 Å². The number of methoxy groups -OCH3 is 1. The summed E-state index contributed by atoms with van der Waals surface area (Å²) in [5.41, 5.74) is 1.14. The minimum atomic E-state index is -1.50. The van der Waals surface area contributed by atoms with E-state index in [1.165, 1.54) is 14.0 Å². The summed E-state index contributed by atoms with van der Waals surface area (Å²) in [6, 6.07) is 5.35. The molecule has 0 saturated carbocycles. The van der Waals surface area contributed by atoms with Crippen LogP contribution in [-0.2, 0) is 9.53 Å². The zero-order chi connectivity index (χ0) is 17.0. The number of carbonyl (C=O) groups is 2. The first-order valence-electron chi connectivity index (χ1n) is 6.92. The Morgan fingerprint density at radius 2 is 2.13 bits per heavy atom. The molecule has 122 valence electrons. The zero-order valence-corrected chi connectivity index (χ0v) is 13.9. The number of pyridine rings is 1. The van der Waals surface area contributed by atoms with E-state index in [0.29, 0.717) is 11.3 Å². The molecule has 0 aromatic carbocycles. The number of carbonyl (C=O) groups excluding carboxylic acids is 1. The number of rotatable bonds is 6. The van der Waals surface area contributed by atoms with Gasteiger partial charge in [-0.1, -0.05) is 0 Å². The van der Waals surface area contributed by atoms with Gasteiger partial charge in [0.05, 0.1) is 23.6 Å². The number of aryl methyl sites for hydroxylation is 1. The summed E-state index contributed by atoms with van der Waals surface area (Å²) >= 11 is 1.57. The van der Waals surface area contributed by atoms with E-state index in [2.05, 4.69) is 10.3 Å². The van der Waals surface area contributed by atoms with Gasteiger partial charge in [0.15, 0.2) is 5.54 Å². The minimum Gasteiger partial charge on any atom is -0.479 e. The molecule has 1 unspecified atom stereocenters. The molecule has 0 bridgehead atoms. The van der Waals surface area contributed by atoms with Crippen molar-refractivity contribution in [2.75, 3.05) is 13.7 Å². The number of hydrogen-bond acceptors (Lipinski definition) is 5. The number of carboxylic acids is 1. The average Bonchev–Trinajstić information content (AvgIpc) is 3.01. The standard InChI is InChI=1S/C16H18N2O4S/c1-10-12(4-5-13(17-10)11-6-7-23-8-11)14(19)18-16(2,9-22-3)15(20)21/h4-8H,9H2,1-3H3,(H,18,19)(H,20,21). The Morgan fingerprint density at radius 3 is 2.65 bits per heavy atom. The molecule has 0 aliphatic heterocycles. The van der Waals surface area contributed by atoms with Crippen molar-refractivity contribution in [2.24, 2.45) is 0 Å². The second kappa shape index (κ2) is 6.89. The fraction of sp³-hybridized carbons (Fsp3) is 0.312. The summed E-state index contributed by atoms with van der Waals surface area (Å²) in [7, 11) is 1.38. The van der Waals surface area contributed by atoms with Crippen LogP contribution in [-0.4, -0.2) is 41.2 Å². The predicted octanol–water partition coefficient (Wildman–Crippen LogP) is 2.34. The van der Waals surface area contributed by atoms with Crippen molar-refractivity contribution < 1.29 is 19.4 Å². The number of aromatic nitrogens is 1. The summed E-state index contributed by atoms with van der Waals surface area (Å²) in [5, 5.41) is 15.7. The molecule has 0 radical (unpaired) electrons. The Balaban J connectivity index is 2.24. The summed E-state index contributed by atoms with van der Waals surface area (Å²) in [4.78, 5) is 28.2. The zero-order valence-electron chi connectivity index (χ0n) is 13.1. The lowest BCUT2D eigenvalue weighted by Crippen LogP contribution is -2.55. The molecule has 2 rings (SSSR count). The number of ether oxygens (including phenoxy) is 1. The fourth-order valence-corrected chi connectivity index (χ4v) is 2.78. The molecule has 2 aromatic rings. The van der Waals surface area contributed by atoms with Crippen LogP contribution >= 0.6 is 11.3 Å². The number of thiophene rings is 1. The highest BCUT2D eigenvalue weighted by atomic mass is 32.1. The second-order valence-electron chi connectivity index (χ2n) is 5.37. The highest BCUT2D eigenvalue weighted by Crippen LogP contribution is 2.21. The van der Waals surface area contributed by atoms with E-state index in [9.17, 15) is 14.7 Å². The molecule has 0 saturated heterocycles. The number of hydrogen-bond donors (Lipinski definition) is 2. The van der Waals surface area contributed by atoms with E-state index in [1.807, 2.05) is 16.8 Å². The third kappa shape index (κ3) is 3.75. The molecular weight excluding hydrogens is 316 g/mol. The van der Waals surface area contributed by atoms with E-state index < -0.39 is 17.4 Å². The Labute approximate surface area is 138 Å². The average molecular weight is 334 g/mol. The maximum atomic E-state index is 12.4. The second-order valence-corrected chi connectivity index (χ2v) is 6.15. The van der Waals surface area contributed by atoms with E-state index in [0.717, 1.165) is 11.3 Å². The van der Waals surface area contributed by atoms with Gasteiger partial charge in [0.1, 0.15) is 0 Å². The quantitative estimate of drug-likeness (QED) is 0.846. The summed E-state index contributed by atoms with van der Waals surface area (Å²) in [5.74, 6) is -1.65. The number of aliphatic carboxylic acids is 1. The normalized spacial score (nSPS) is 13.3. The highest BCUT2D eigenvalue weighted by molar-refractivity contribution is 7.08. The van der Waals surface area contributed by atoms with Gasteiger partial charge < -0.3 is 15.2 Å². The summed E-state index contributed by atoms with van der Waals surface area (Å²) < 4.78 is 4.89. The largest absolute Gasteiger partial charge is 0.479 e. The van der Waals surface area contributed by atoms with Crippen LogP contribution in [0.4, 0.5) is 0 Å². The first kappa shape index (κ1) is 17.1. The van der Waals surface area contributed by atoms with Crippen LogP contribution in [0.25, 0.3) is 11.3 Å². The Hall–Kier alpha value is -2.25. The Morgan fingerprint density at radius 1 is 1.39 bits per heavy atom. The third-order valence-corrected chi connectivity index (χ3v) is 4.13. The monoisotopic (exact) mass is 334 g/mol. The van der Waals surface area contributed by atoms with Gasteiger partial charge in [-0.25, -0.2) is 4.79 Å². The fourth-order valence-electron chi connectivity index (χ4n) is 2.13. The van der Waals surface area contributed by atoms with Crippen LogP contribution in [0.2, 0.25) is 0 Å². The van der Waals surface area contributed by atoms with Gasteiger partial charge in [0.2, 0.25) is 0 Å². The van der Waals surface area contributed by atoms with Crippen LogP contribution in [0.1, 0.15) is 23.0 Å². The van der Waals surface area contributed by atoms with Crippen molar-refractivity contribution in [3.05, 3.63) is 40.2 Å². The minimum absolute atomic E-state index is 0.131. The molecule has 1 amide bonds. The van der Waals surface area contributed by atoms with Gasteiger partial charge in [-0.2, -0.15) is 11.3 Å². The molecule has 23 heavy (non-hydrogen) atoms. The van der Waals surface area contributed by atoms with Crippen LogP contribution in [0, 0.1) is 6.92 Å². The molecule has 0 aliphatic rings. The number of amides is 1. The molecule has 2 heterocycles. The maximum absolute atomic E-state index is 12.4. The smallest absolute Gasteiger partial charge is 0.331 e. The lowest BCUT2D eigenvalue weighted by molar-refractivity contribution is -0.145. The molecule has 2 aromatic heterocycles. The van der Waals surface area contributed by atoms with Gasteiger partial charge in [-0.3, -0.25) is 9.78 Å². The van der Waals surface area contributed by atoms with E-state index in [1.54, 1.807) is 30.4 Å². The van der Waals surface area contributed by atoms with Gasteiger partial charge in [0, 0.05) is 18.1 Å². The van der Waals surface area contributed by atoms with Gasteiger partial charge in [-0.05, 0) is 37.4 Å². The predicted molar refractivity (Wildman–Crippen MR) is 87.7 cm³/mol. The lowest BCUT2D eigenvalue weighted by Gasteiger charge is -2.25. The number of nitrogens with one attached hydrogen (secondary N) is 1. The van der Waals surface area contributed by atoms with Crippen molar-refractivity contribution in [2.45, 2.75) is 19.4 Å². The van der Waals surface area contributed by atoms with Crippen LogP contribution in [0.5, 0.6) is 0 Å². The first-order valence-corrected chi connectivity index (χ1v) is 7.87. The van der Waals surface area contributed by atoms with Crippen molar-refractivity contribution in [1.82, 2.24) is 10.3 Å². The van der Waals surface area contributed by atoms with Gasteiger partial charge >= 0.3 is 5.97 Å². The van der Waals surface area contributed by atoms with Crippen LogP contribution < -0.4 is 5.32 Å². The molecular formula is C16H18N2O4S. The van der Waals surface area contributed by atoms with E-state index >= 15 is 0 Å². The third-order valence-electron chi connectivity index (χ3n) is 3.44. The molecule has 6 nitrogen and oxygen atoms in total. The van der Waals surface area contributed by atoms with Crippen molar-refractivity contribution >= 4 is 23.2 Å².